The lowest BCUT2D eigenvalue weighted by Gasteiger charge is -2.61. The van der Waals surface area contributed by atoms with Crippen molar-refractivity contribution in [2.75, 3.05) is 0 Å². The van der Waals surface area contributed by atoms with Crippen LogP contribution in [0.15, 0.2) is 12.7 Å². The van der Waals surface area contributed by atoms with E-state index in [1.54, 1.807) is 0 Å². The fourth-order valence-corrected chi connectivity index (χ4v) is 7.45. The van der Waals surface area contributed by atoms with Crippen molar-refractivity contribution in [2.24, 2.45) is 40.4 Å². The van der Waals surface area contributed by atoms with Gasteiger partial charge in [0.25, 0.3) is 0 Å². The Morgan fingerprint density at radius 3 is 2.67 bits per heavy atom. The molecule has 0 aliphatic heterocycles. The first kappa shape index (κ1) is 16.5. The Kier molecular flexibility index (Phi) is 3.82. The maximum absolute atomic E-state index is 12.6. The highest BCUT2D eigenvalue weighted by Gasteiger charge is 2.62. The van der Waals surface area contributed by atoms with Gasteiger partial charge in [0.1, 0.15) is 11.6 Å². The smallest absolute Gasteiger partial charge is 0.139 e. The van der Waals surface area contributed by atoms with E-state index in [0.717, 1.165) is 44.9 Å². The van der Waals surface area contributed by atoms with Crippen molar-refractivity contribution >= 4 is 11.6 Å². The van der Waals surface area contributed by atoms with E-state index in [0.29, 0.717) is 46.6 Å². The second kappa shape index (κ2) is 5.54. The average Bonchev–Trinajstić information content (AvgIpc) is 2.85. The number of fused-ring (bicyclic) bond motifs is 5. The van der Waals surface area contributed by atoms with E-state index >= 15 is 0 Å². The number of ketones is 2. The predicted octanol–water partition coefficient (Wildman–Crippen LogP) is 4.97. The zero-order chi connectivity index (χ0) is 17.1. The summed E-state index contributed by atoms with van der Waals surface area (Å²) in [6.07, 6.45) is 11.1. The summed E-state index contributed by atoms with van der Waals surface area (Å²) < 4.78 is 0. The minimum Gasteiger partial charge on any atom is -0.300 e. The van der Waals surface area contributed by atoms with Crippen molar-refractivity contribution in [2.45, 2.75) is 71.6 Å². The van der Waals surface area contributed by atoms with Crippen LogP contribution >= 0.6 is 0 Å². The summed E-state index contributed by atoms with van der Waals surface area (Å²) in [6.45, 7) is 8.75. The molecule has 0 heterocycles. The minimum atomic E-state index is -0.0612. The second-order valence-electron chi connectivity index (χ2n) is 9.67. The summed E-state index contributed by atoms with van der Waals surface area (Å²) in [6, 6.07) is 0. The molecule has 0 aromatic heterocycles. The van der Waals surface area contributed by atoms with E-state index in [1.165, 1.54) is 12.8 Å². The zero-order valence-electron chi connectivity index (χ0n) is 15.4. The van der Waals surface area contributed by atoms with Crippen LogP contribution in [0, 0.1) is 40.4 Å². The maximum Gasteiger partial charge on any atom is 0.139 e. The monoisotopic (exact) mass is 328 g/mol. The first-order chi connectivity index (χ1) is 11.4. The van der Waals surface area contributed by atoms with Gasteiger partial charge in [-0.2, -0.15) is 0 Å². The lowest BCUT2D eigenvalue weighted by Crippen LogP contribution is -2.56. The Balaban J connectivity index is 1.72. The minimum absolute atomic E-state index is 0.0612. The van der Waals surface area contributed by atoms with E-state index in [2.05, 4.69) is 26.5 Å². The molecule has 0 radical (unpaired) electrons. The van der Waals surface area contributed by atoms with Crippen LogP contribution < -0.4 is 0 Å². The molecule has 0 N–H and O–H groups in total. The van der Waals surface area contributed by atoms with Crippen molar-refractivity contribution < 1.29 is 9.59 Å². The van der Waals surface area contributed by atoms with Gasteiger partial charge in [0.15, 0.2) is 0 Å². The molecule has 4 rings (SSSR count). The third-order valence-corrected chi connectivity index (χ3v) is 8.84. The van der Waals surface area contributed by atoms with Gasteiger partial charge in [-0.25, -0.2) is 0 Å². The van der Waals surface area contributed by atoms with Gasteiger partial charge in [-0.3, -0.25) is 9.59 Å². The Bertz CT molecular complexity index is 579. The normalized spacial score (nSPS) is 50.8. The molecule has 0 saturated heterocycles. The molecular formula is C22H32O2. The summed E-state index contributed by atoms with van der Waals surface area (Å²) >= 11 is 0. The van der Waals surface area contributed by atoms with Crippen LogP contribution in [-0.2, 0) is 9.59 Å². The first-order valence-electron chi connectivity index (χ1n) is 10.1. The molecule has 4 saturated carbocycles. The molecular weight excluding hydrogens is 296 g/mol. The fourth-order valence-electron chi connectivity index (χ4n) is 7.45. The molecule has 2 heteroatoms. The van der Waals surface area contributed by atoms with E-state index < -0.39 is 0 Å². The highest BCUT2D eigenvalue weighted by Crippen LogP contribution is 2.67. The molecule has 132 valence electrons. The van der Waals surface area contributed by atoms with E-state index in [4.69, 9.17) is 0 Å². The number of Topliss-reactive ketones (excluding diaryl/α,β-unsaturated/α-hetero) is 2. The SMILES string of the molecule is C=CC[C@H]1C[C@@H]2CC(=O)CC[C@]2(C)[C@H]2CC[C@]3(C)C(=O)CC[C@H]3[C@H]12. The summed E-state index contributed by atoms with van der Waals surface area (Å²) in [7, 11) is 0. The van der Waals surface area contributed by atoms with Crippen molar-refractivity contribution in [3.05, 3.63) is 12.7 Å². The number of hydrogen-bond donors (Lipinski definition) is 0. The third kappa shape index (κ3) is 2.14. The van der Waals surface area contributed by atoms with E-state index in [1.807, 2.05) is 0 Å². The lowest BCUT2D eigenvalue weighted by molar-refractivity contribution is -0.153. The first-order valence-corrected chi connectivity index (χ1v) is 10.1. The highest BCUT2D eigenvalue weighted by atomic mass is 16.1. The molecule has 24 heavy (non-hydrogen) atoms. The Morgan fingerprint density at radius 2 is 1.92 bits per heavy atom. The van der Waals surface area contributed by atoms with Crippen LogP contribution in [0.25, 0.3) is 0 Å². The Hall–Kier alpha value is -0.920. The number of carbonyl (C=O) groups excluding carboxylic acids is 2. The van der Waals surface area contributed by atoms with Crippen LogP contribution in [-0.4, -0.2) is 11.6 Å². The molecule has 4 aliphatic carbocycles. The van der Waals surface area contributed by atoms with Crippen LogP contribution in [0.3, 0.4) is 0 Å². The van der Waals surface area contributed by atoms with Gasteiger partial charge in [0.2, 0.25) is 0 Å². The standard InChI is InChI=1S/C22H32O2/c1-4-5-14-12-15-13-16(23)8-10-21(15,2)18-9-11-22(3)17(20(14)18)6-7-19(22)24/h4,14-15,17-18,20H,1,5-13H2,2-3H3/t14-,15+,17-,18-,20-,21-,22-/m0/s1. The van der Waals surface area contributed by atoms with Gasteiger partial charge in [0, 0.05) is 24.7 Å². The molecule has 0 amide bonds. The maximum atomic E-state index is 12.6. The molecule has 0 unspecified atom stereocenters. The summed E-state index contributed by atoms with van der Waals surface area (Å²) in [4.78, 5) is 24.7. The lowest BCUT2D eigenvalue weighted by atomic mass is 9.42. The highest BCUT2D eigenvalue weighted by molar-refractivity contribution is 5.87. The predicted molar refractivity (Wildman–Crippen MR) is 95.4 cm³/mol. The molecule has 4 fully saturated rings. The van der Waals surface area contributed by atoms with Crippen molar-refractivity contribution in [1.29, 1.82) is 0 Å². The molecule has 4 aliphatic rings. The second-order valence-corrected chi connectivity index (χ2v) is 9.67. The molecule has 0 bridgehead atoms. The average molecular weight is 328 g/mol. The summed E-state index contributed by atoms with van der Waals surface area (Å²) in [5.41, 5.74) is 0.261. The van der Waals surface area contributed by atoms with Gasteiger partial charge in [-0.05, 0) is 73.5 Å². The summed E-state index contributed by atoms with van der Waals surface area (Å²) in [5, 5.41) is 0. The Labute approximate surface area is 146 Å². The quantitative estimate of drug-likeness (QED) is 0.671. The zero-order valence-corrected chi connectivity index (χ0v) is 15.4. The van der Waals surface area contributed by atoms with Crippen molar-refractivity contribution in [3.8, 4) is 0 Å². The number of carbonyl (C=O) groups is 2. The van der Waals surface area contributed by atoms with Crippen LogP contribution in [0.4, 0.5) is 0 Å². The Morgan fingerprint density at radius 1 is 1.12 bits per heavy atom. The summed E-state index contributed by atoms with van der Waals surface area (Å²) in [5.74, 6) is 4.14. The molecule has 0 aromatic rings. The van der Waals surface area contributed by atoms with Crippen molar-refractivity contribution in [3.63, 3.8) is 0 Å². The van der Waals surface area contributed by atoms with Crippen LogP contribution in [0.5, 0.6) is 0 Å². The van der Waals surface area contributed by atoms with Gasteiger partial charge in [-0.1, -0.05) is 19.9 Å². The van der Waals surface area contributed by atoms with E-state index in [-0.39, 0.29) is 5.41 Å². The number of rotatable bonds is 2. The van der Waals surface area contributed by atoms with Crippen molar-refractivity contribution in [1.82, 2.24) is 0 Å². The third-order valence-electron chi connectivity index (χ3n) is 8.84. The molecule has 2 nitrogen and oxygen atoms in total. The topological polar surface area (TPSA) is 34.1 Å². The number of allylic oxidation sites excluding steroid dienone is 1. The number of hydrogen-bond acceptors (Lipinski definition) is 2. The van der Waals surface area contributed by atoms with Gasteiger partial charge in [-0.15, -0.1) is 6.58 Å². The van der Waals surface area contributed by atoms with Crippen LogP contribution in [0.2, 0.25) is 0 Å². The molecule has 0 aromatic carbocycles. The largest absolute Gasteiger partial charge is 0.300 e. The van der Waals surface area contributed by atoms with E-state index in [9.17, 15) is 9.59 Å². The van der Waals surface area contributed by atoms with Gasteiger partial charge < -0.3 is 0 Å². The van der Waals surface area contributed by atoms with Crippen LogP contribution in [0.1, 0.15) is 71.6 Å². The fraction of sp³-hybridized carbons (Fsp3) is 0.818. The molecule has 0 spiro atoms. The van der Waals surface area contributed by atoms with Gasteiger partial charge >= 0.3 is 0 Å². The van der Waals surface area contributed by atoms with Gasteiger partial charge in [0.05, 0.1) is 0 Å². The molecule has 7 atom stereocenters.